The normalized spacial score (nSPS) is 27.0. The fourth-order valence-corrected chi connectivity index (χ4v) is 5.49. The van der Waals surface area contributed by atoms with Crippen molar-refractivity contribution in [1.82, 2.24) is 5.32 Å². The van der Waals surface area contributed by atoms with Crippen LogP contribution >= 0.6 is 0 Å². The molecule has 3 saturated carbocycles. The van der Waals surface area contributed by atoms with Crippen LogP contribution in [0, 0.1) is 5.41 Å². The lowest BCUT2D eigenvalue weighted by atomic mass is 9.38. The van der Waals surface area contributed by atoms with Gasteiger partial charge in [-0.1, -0.05) is 48.5 Å². The number of amides is 1. The van der Waals surface area contributed by atoms with Crippen molar-refractivity contribution < 1.29 is 19.4 Å². The summed E-state index contributed by atoms with van der Waals surface area (Å²) >= 11 is 0. The second-order valence-corrected chi connectivity index (χ2v) is 8.33. The zero-order chi connectivity index (χ0) is 18.6. The second-order valence-electron chi connectivity index (χ2n) is 8.33. The maximum atomic E-state index is 12.3. The van der Waals surface area contributed by atoms with Crippen LogP contribution in [0.15, 0.2) is 48.5 Å². The molecule has 2 aromatic carbocycles. The van der Waals surface area contributed by atoms with Gasteiger partial charge in [0, 0.05) is 11.5 Å². The van der Waals surface area contributed by atoms with Crippen LogP contribution in [0.2, 0.25) is 0 Å². The maximum Gasteiger partial charge on any atom is 0.407 e. The van der Waals surface area contributed by atoms with Gasteiger partial charge >= 0.3 is 12.1 Å². The van der Waals surface area contributed by atoms with Gasteiger partial charge in [0.25, 0.3) is 0 Å². The minimum Gasteiger partial charge on any atom is -0.481 e. The molecule has 0 spiro atoms. The van der Waals surface area contributed by atoms with E-state index in [0.29, 0.717) is 6.61 Å². The lowest BCUT2D eigenvalue weighted by Crippen LogP contribution is -2.75. The number of alkyl carbamates (subject to hydrolysis) is 1. The average Bonchev–Trinajstić information content (AvgIpc) is 2.91. The van der Waals surface area contributed by atoms with Gasteiger partial charge in [-0.3, -0.25) is 4.79 Å². The molecule has 2 bridgehead atoms. The highest BCUT2D eigenvalue weighted by molar-refractivity contribution is 5.79. The molecule has 4 aliphatic carbocycles. The molecule has 5 heteroatoms. The number of carboxylic acid groups (broad SMARTS) is 1. The first-order valence-electron chi connectivity index (χ1n) is 9.34. The van der Waals surface area contributed by atoms with Crippen molar-refractivity contribution >= 4 is 12.1 Å². The van der Waals surface area contributed by atoms with E-state index in [-0.39, 0.29) is 23.3 Å². The van der Waals surface area contributed by atoms with Crippen molar-refractivity contribution in [3.8, 4) is 11.1 Å². The van der Waals surface area contributed by atoms with Crippen LogP contribution in [0.5, 0.6) is 0 Å². The molecule has 0 unspecified atom stereocenters. The number of carbonyl (C=O) groups excluding carboxylic acids is 1. The number of aliphatic carboxylic acids is 1. The quantitative estimate of drug-likeness (QED) is 0.844. The fraction of sp³-hybridized carbons (Fsp3) is 0.364. The first-order chi connectivity index (χ1) is 13.0. The predicted octanol–water partition coefficient (Wildman–Crippen LogP) is 3.92. The van der Waals surface area contributed by atoms with Crippen molar-refractivity contribution in [2.75, 3.05) is 6.61 Å². The topological polar surface area (TPSA) is 75.6 Å². The van der Waals surface area contributed by atoms with Gasteiger partial charge in [0.1, 0.15) is 6.61 Å². The van der Waals surface area contributed by atoms with Crippen molar-refractivity contribution in [3.05, 3.63) is 59.7 Å². The highest BCUT2D eigenvalue weighted by Gasteiger charge is 2.69. The molecule has 5 nitrogen and oxygen atoms in total. The molecule has 3 fully saturated rings. The van der Waals surface area contributed by atoms with E-state index in [1.807, 2.05) is 24.3 Å². The molecule has 0 saturated heterocycles. The molecule has 0 aromatic heterocycles. The van der Waals surface area contributed by atoms with Gasteiger partial charge < -0.3 is 15.2 Å². The van der Waals surface area contributed by atoms with Crippen LogP contribution in [0.4, 0.5) is 4.79 Å². The van der Waals surface area contributed by atoms with Crippen LogP contribution in [0.3, 0.4) is 0 Å². The van der Waals surface area contributed by atoms with Crippen LogP contribution in [0.1, 0.15) is 42.7 Å². The van der Waals surface area contributed by atoms with Crippen LogP contribution in [-0.4, -0.2) is 29.3 Å². The molecule has 27 heavy (non-hydrogen) atoms. The summed E-state index contributed by atoms with van der Waals surface area (Å²) in [6, 6.07) is 16.5. The van der Waals surface area contributed by atoms with Gasteiger partial charge in [0.2, 0.25) is 0 Å². The fourth-order valence-electron chi connectivity index (χ4n) is 5.49. The molecule has 6 rings (SSSR count). The molecule has 2 aromatic rings. The van der Waals surface area contributed by atoms with Crippen molar-refractivity contribution in [2.45, 2.75) is 37.1 Å². The van der Waals surface area contributed by atoms with Crippen LogP contribution in [0.25, 0.3) is 11.1 Å². The summed E-state index contributed by atoms with van der Waals surface area (Å²) in [4.78, 5) is 23.2. The molecule has 0 atom stereocenters. The van der Waals surface area contributed by atoms with Gasteiger partial charge in [-0.15, -0.1) is 0 Å². The lowest BCUT2D eigenvalue weighted by molar-refractivity contribution is -0.173. The molecule has 0 radical (unpaired) electrons. The first kappa shape index (κ1) is 16.4. The first-order valence-corrected chi connectivity index (χ1v) is 9.34. The molecule has 2 N–H and O–H groups in total. The number of benzene rings is 2. The third-order valence-electron chi connectivity index (χ3n) is 6.38. The maximum absolute atomic E-state index is 12.3. The molecule has 1 amide bonds. The van der Waals surface area contributed by atoms with Gasteiger partial charge in [-0.25, -0.2) is 4.79 Å². The SMILES string of the molecule is O=C(O)CC12CC(NC(=O)OCC3c4ccccc4-c4ccccc43)(C1)C2. The Morgan fingerprint density at radius 3 is 2.11 bits per heavy atom. The van der Waals surface area contributed by atoms with Gasteiger partial charge in [0.05, 0.1) is 6.42 Å². The third kappa shape index (κ3) is 2.52. The van der Waals surface area contributed by atoms with E-state index >= 15 is 0 Å². The summed E-state index contributed by atoms with van der Waals surface area (Å²) < 4.78 is 5.58. The third-order valence-corrected chi connectivity index (χ3v) is 6.38. The summed E-state index contributed by atoms with van der Waals surface area (Å²) in [5, 5.41) is 11.9. The van der Waals surface area contributed by atoms with E-state index < -0.39 is 12.1 Å². The van der Waals surface area contributed by atoms with Crippen LogP contribution in [-0.2, 0) is 9.53 Å². The Kier molecular flexibility index (Phi) is 3.39. The number of nitrogens with one attached hydrogen (secondary N) is 1. The van der Waals surface area contributed by atoms with E-state index in [0.717, 1.165) is 19.3 Å². The largest absolute Gasteiger partial charge is 0.481 e. The van der Waals surface area contributed by atoms with Crippen molar-refractivity contribution in [1.29, 1.82) is 0 Å². The lowest BCUT2D eigenvalue weighted by Gasteiger charge is -2.70. The molecular formula is C22H21NO4. The minimum atomic E-state index is -0.760. The van der Waals surface area contributed by atoms with E-state index in [1.165, 1.54) is 22.3 Å². The van der Waals surface area contributed by atoms with E-state index in [2.05, 4.69) is 29.6 Å². The molecular weight excluding hydrogens is 342 g/mol. The molecule has 0 aliphatic heterocycles. The predicted molar refractivity (Wildman–Crippen MR) is 99.5 cm³/mol. The second kappa shape index (κ2) is 5.59. The Labute approximate surface area is 157 Å². The smallest absolute Gasteiger partial charge is 0.407 e. The monoisotopic (exact) mass is 363 g/mol. The number of carbonyl (C=O) groups is 2. The summed E-state index contributed by atoms with van der Waals surface area (Å²) in [6.45, 7) is 0.302. The number of ether oxygens (including phenoxy) is 1. The Morgan fingerprint density at radius 1 is 1.00 bits per heavy atom. The van der Waals surface area contributed by atoms with E-state index in [1.54, 1.807) is 0 Å². The van der Waals surface area contributed by atoms with Gasteiger partial charge in [0.15, 0.2) is 0 Å². The van der Waals surface area contributed by atoms with Gasteiger partial charge in [-0.2, -0.15) is 0 Å². The average molecular weight is 363 g/mol. The van der Waals surface area contributed by atoms with E-state index in [4.69, 9.17) is 9.84 Å². The zero-order valence-corrected chi connectivity index (χ0v) is 14.9. The highest BCUT2D eigenvalue weighted by atomic mass is 16.5. The van der Waals surface area contributed by atoms with Crippen LogP contribution < -0.4 is 5.32 Å². The number of carboxylic acids is 1. The van der Waals surface area contributed by atoms with Gasteiger partial charge in [-0.05, 0) is 46.9 Å². The standard InChI is InChI=1S/C22H21NO4/c24-19(25)9-21-11-22(12-21,13-21)23-20(26)27-10-18-16-7-3-1-5-14(16)15-6-2-4-8-17(15)18/h1-8,18H,9-13H2,(H,23,26)(H,24,25). The zero-order valence-electron chi connectivity index (χ0n) is 14.9. The summed E-state index contributed by atoms with van der Waals surface area (Å²) in [7, 11) is 0. The molecule has 4 aliphatic rings. The van der Waals surface area contributed by atoms with Crippen molar-refractivity contribution in [2.24, 2.45) is 5.41 Å². The Bertz CT molecular complexity index is 886. The van der Waals surface area contributed by atoms with E-state index in [9.17, 15) is 9.59 Å². The number of fused-ring (bicyclic) bond motifs is 3. The number of hydrogen-bond donors (Lipinski definition) is 2. The minimum absolute atomic E-state index is 0.0505. The summed E-state index contributed by atoms with van der Waals surface area (Å²) in [5.41, 5.74) is 4.46. The summed E-state index contributed by atoms with van der Waals surface area (Å²) in [6.07, 6.45) is 2.03. The molecule has 0 heterocycles. The number of rotatable bonds is 5. The Balaban J connectivity index is 1.23. The Hall–Kier alpha value is -2.82. The van der Waals surface area contributed by atoms with Crippen molar-refractivity contribution in [3.63, 3.8) is 0 Å². The highest BCUT2D eigenvalue weighted by Crippen LogP contribution is 2.68. The Morgan fingerprint density at radius 2 is 1.56 bits per heavy atom. The molecule has 138 valence electrons. The summed E-state index contributed by atoms with van der Waals surface area (Å²) in [5.74, 6) is -0.709. The number of hydrogen-bond acceptors (Lipinski definition) is 3.